The third-order valence-corrected chi connectivity index (χ3v) is 6.32. The average Bonchev–Trinajstić information content (AvgIpc) is 3.31. The van der Waals surface area contributed by atoms with Crippen LogP contribution in [-0.4, -0.2) is 75.2 Å². The molecule has 1 saturated carbocycles. The lowest BCUT2D eigenvalue weighted by atomic mass is 9.79. The van der Waals surface area contributed by atoms with E-state index in [2.05, 4.69) is 20.3 Å². The predicted octanol–water partition coefficient (Wildman–Crippen LogP) is -0.0554. The summed E-state index contributed by atoms with van der Waals surface area (Å²) in [5.41, 5.74) is 6.18. The zero-order valence-electron chi connectivity index (χ0n) is 17.3. The monoisotopic (exact) mass is 420 g/mol. The fourth-order valence-electron chi connectivity index (χ4n) is 4.79. The first-order valence-electron chi connectivity index (χ1n) is 10.2. The topological polar surface area (TPSA) is 139 Å². The van der Waals surface area contributed by atoms with Gasteiger partial charge in [0.15, 0.2) is 23.5 Å². The molecule has 0 spiro atoms. The molecule has 0 radical (unpaired) electrons. The van der Waals surface area contributed by atoms with Crippen molar-refractivity contribution in [3.63, 3.8) is 0 Å². The van der Waals surface area contributed by atoms with E-state index in [0.717, 1.165) is 12.8 Å². The first-order valence-corrected chi connectivity index (χ1v) is 10.2. The van der Waals surface area contributed by atoms with E-state index in [1.54, 1.807) is 6.33 Å². The van der Waals surface area contributed by atoms with E-state index in [4.69, 9.17) is 24.7 Å². The van der Waals surface area contributed by atoms with Crippen LogP contribution >= 0.6 is 0 Å². The highest BCUT2D eigenvalue weighted by Crippen LogP contribution is 2.47. The van der Waals surface area contributed by atoms with Crippen LogP contribution in [0, 0.1) is 5.92 Å². The van der Waals surface area contributed by atoms with Gasteiger partial charge < -0.3 is 35.1 Å². The van der Waals surface area contributed by atoms with Crippen molar-refractivity contribution in [2.75, 3.05) is 26.0 Å². The van der Waals surface area contributed by atoms with E-state index >= 15 is 0 Å². The molecule has 1 aliphatic carbocycles. The van der Waals surface area contributed by atoms with Crippen molar-refractivity contribution in [2.45, 2.75) is 62.7 Å². The Kier molecular flexibility index (Phi) is 4.73. The summed E-state index contributed by atoms with van der Waals surface area (Å²) in [4.78, 5) is 12.8. The van der Waals surface area contributed by atoms with Crippen LogP contribution in [0.25, 0.3) is 11.2 Å². The number of anilines is 1. The number of ether oxygens (including phenoxy) is 4. The number of nitrogens with zero attached hydrogens (tertiary/aromatic N) is 4. The molecule has 4 atom stereocenters. The maximum absolute atomic E-state index is 9.76. The summed E-state index contributed by atoms with van der Waals surface area (Å²) in [6.07, 6.45) is 3.54. The normalized spacial score (nSPS) is 36.0. The Morgan fingerprint density at radius 2 is 2.17 bits per heavy atom. The van der Waals surface area contributed by atoms with Crippen LogP contribution in [0.4, 0.5) is 5.82 Å². The van der Waals surface area contributed by atoms with Crippen molar-refractivity contribution in [1.82, 2.24) is 24.8 Å². The van der Waals surface area contributed by atoms with E-state index in [-0.39, 0.29) is 18.1 Å². The number of aliphatic hydroxyl groups is 1. The van der Waals surface area contributed by atoms with Crippen LogP contribution in [0.1, 0.15) is 26.7 Å². The first-order chi connectivity index (χ1) is 14.3. The summed E-state index contributed by atoms with van der Waals surface area (Å²) in [7, 11) is 1.52. The number of nitrogens with one attached hydrogen (secondary N) is 1. The number of hydrogen-bond acceptors (Lipinski definition) is 10. The Morgan fingerprint density at radius 1 is 1.37 bits per heavy atom. The lowest BCUT2D eigenvalue weighted by molar-refractivity contribution is -0.204. The second-order valence-electron chi connectivity index (χ2n) is 8.74. The van der Waals surface area contributed by atoms with Crippen molar-refractivity contribution in [3.05, 3.63) is 12.7 Å². The summed E-state index contributed by atoms with van der Waals surface area (Å²) in [6, 6.07) is 0.315. The van der Waals surface area contributed by atoms with Crippen LogP contribution < -0.4 is 11.1 Å². The molecule has 2 aromatic heterocycles. The Labute approximate surface area is 173 Å². The van der Waals surface area contributed by atoms with E-state index in [1.165, 1.54) is 13.4 Å². The van der Waals surface area contributed by atoms with Gasteiger partial charge in [0.25, 0.3) is 0 Å². The maximum atomic E-state index is 9.76. The van der Waals surface area contributed by atoms with Gasteiger partial charge in [-0.05, 0) is 26.7 Å². The first kappa shape index (κ1) is 20.0. The van der Waals surface area contributed by atoms with E-state index in [9.17, 15) is 5.11 Å². The molecular formula is C19H28N6O5. The van der Waals surface area contributed by atoms with Crippen LogP contribution in [-0.2, 0) is 24.7 Å². The summed E-state index contributed by atoms with van der Waals surface area (Å²) >= 11 is 0. The molecule has 30 heavy (non-hydrogen) atoms. The molecule has 11 heteroatoms. The summed E-state index contributed by atoms with van der Waals surface area (Å²) < 4.78 is 25.6. The van der Waals surface area contributed by atoms with Crippen molar-refractivity contribution < 1.29 is 24.1 Å². The van der Waals surface area contributed by atoms with Gasteiger partial charge in [0, 0.05) is 25.6 Å². The standard InChI is InChI=1S/C19H28N6O5/c1-18(2)29-14-12(6-21-11-4-10(5-11)17(26)27-3)28-7-19(14,30-18)25-9-24-13-15(20)22-8-23-16(13)25/h8-12,14,17,21,26H,4-7H2,1-3H3,(H2,20,22,23)/t10?,11?,12-,14-,17?,19-/m1/s1. The van der Waals surface area contributed by atoms with Crippen LogP contribution in [0.15, 0.2) is 12.7 Å². The Balaban J connectivity index is 1.35. The highest BCUT2D eigenvalue weighted by molar-refractivity contribution is 5.81. The minimum Gasteiger partial charge on any atom is -0.382 e. The predicted molar refractivity (Wildman–Crippen MR) is 105 cm³/mol. The molecule has 1 unspecified atom stereocenters. The number of rotatable bonds is 6. The van der Waals surface area contributed by atoms with Gasteiger partial charge >= 0.3 is 0 Å². The Morgan fingerprint density at radius 3 is 2.93 bits per heavy atom. The number of aromatic nitrogens is 4. The fraction of sp³-hybridized carbons (Fsp3) is 0.737. The van der Waals surface area contributed by atoms with Gasteiger partial charge in [-0.15, -0.1) is 0 Å². The van der Waals surface area contributed by atoms with Gasteiger partial charge in [-0.25, -0.2) is 15.0 Å². The number of methoxy groups -OCH3 is 1. The Hall–Kier alpha value is -1.89. The zero-order chi connectivity index (χ0) is 21.1. The molecule has 11 nitrogen and oxygen atoms in total. The molecule has 5 rings (SSSR count). The number of hydrogen-bond donors (Lipinski definition) is 3. The van der Waals surface area contributed by atoms with Crippen LogP contribution in [0.3, 0.4) is 0 Å². The van der Waals surface area contributed by atoms with E-state index < -0.39 is 17.8 Å². The number of nitrogens with two attached hydrogens (primary N) is 1. The number of fused-ring (bicyclic) bond motifs is 2. The third kappa shape index (κ3) is 3.08. The number of aliphatic hydroxyl groups excluding tert-OH is 1. The van der Waals surface area contributed by atoms with Crippen molar-refractivity contribution in [3.8, 4) is 0 Å². The van der Waals surface area contributed by atoms with E-state index in [1.807, 2.05) is 18.4 Å². The zero-order valence-corrected chi connectivity index (χ0v) is 17.3. The van der Waals surface area contributed by atoms with Gasteiger partial charge in [-0.1, -0.05) is 0 Å². The molecule has 3 aliphatic rings. The van der Waals surface area contributed by atoms with Crippen molar-refractivity contribution >= 4 is 17.0 Å². The molecule has 164 valence electrons. The van der Waals surface area contributed by atoms with Gasteiger partial charge in [-0.3, -0.25) is 4.57 Å². The third-order valence-electron chi connectivity index (χ3n) is 6.32. The lowest BCUT2D eigenvalue weighted by Crippen LogP contribution is -2.51. The smallest absolute Gasteiger partial charge is 0.203 e. The van der Waals surface area contributed by atoms with Crippen molar-refractivity contribution in [2.24, 2.45) is 5.92 Å². The highest BCUT2D eigenvalue weighted by atomic mass is 16.8. The van der Waals surface area contributed by atoms with E-state index in [0.29, 0.717) is 36.2 Å². The maximum Gasteiger partial charge on any atom is 0.203 e. The average molecular weight is 420 g/mol. The molecule has 2 aromatic rings. The molecule has 0 bridgehead atoms. The molecule has 4 heterocycles. The van der Waals surface area contributed by atoms with Crippen LogP contribution in [0.2, 0.25) is 0 Å². The van der Waals surface area contributed by atoms with Gasteiger partial charge in [0.2, 0.25) is 5.72 Å². The Bertz CT molecular complexity index is 931. The van der Waals surface area contributed by atoms with Crippen molar-refractivity contribution in [1.29, 1.82) is 0 Å². The minimum absolute atomic E-state index is 0.170. The van der Waals surface area contributed by atoms with Gasteiger partial charge in [0.1, 0.15) is 24.1 Å². The summed E-state index contributed by atoms with van der Waals surface area (Å²) in [6.45, 7) is 4.69. The van der Waals surface area contributed by atoms with Crippen LogP contribution in [0.5, 0.6) is 0 Å². The van der Waals surface area contributed by atoms with Gasteiger partial charge in [0.05, 0.1) is 12.9 Å². The quantitative estimate of drug-likeness (QED) is 0.545. The summed E-state index contributed by atoms with van der Waals surface area (Å²) in [5.74, 6) is -0.297. The molecule has 0 aromatic carbocycles. The minimum atomic E-state index is -0.889. The molecule has 2 saturated heterocycles. The number of nitrogen functional groups attached to an aromatic ring is 1. The fourth-order valence-corrected chi connectivity index (χ4v) is 4.79. The number of imidazole rings is 1. The molecular weight excluding hydrogens is 392 g/mol. The molecule has 0 amide bonds. The lowest BCUT2D eigenvalue weighted by Gasteiger charge is -2.38. The molecule has 3 fully saturated rings. The summed E-state index contributed by atoms with van der Waals surface area (Å²) in [5, 5.41) is 13.3. The largest absolute Gasteiger partial charge is 0.382 e. The second-order valence-corrected chi connectivity index (χ2v) is 8.74. The highest BCUT2D eigenvalue weighted by Gasteiger charge is 2.63. The molecule has 2 aliphatic heterocycles. The SMILES string of the molecule is COC(O)C1CC(NC[C@H]2OC[C@@]3(n4cnc5c(N)ncnc54)OC(C)(C)O[C@H]23)C1. The van der Waals surface area contributed by atoms with Gasteiger partial charge in [-0.2, -0.15) is 0 Å². The second kappa shape index (κ2) is 7.08. The molecule has 4 N–H and O–H groups in total.